The first-order chi connectivity index (χ1) is 8.01. The molecule has 2 atom stereocenters. The third-order valence-electron chi connectivity index (χ3n) is 2.67. The van der Waals surface area contributed by atoms with Gasteiger partial charge in [0, 0.05) is 19.4 Å². The van der Waals surface area contributed by atoms with Gasteiger partial charge in [0.05, 0.1) is 13.0 Å². The van der Waals surface area contributed by atoms with E-state index in [-0.39, 0.29) is 25.3 Å². The molecule has 1 aliphatic heterocycles. The summed E-state index contributed by atoms with van der Waals surface area (Å²) in [5.74, 6) is -0.450. The van der Waals surface area contributed by atoms with Gasteiger partial charge in [-0.25, -0.2) is 4.79 Å². The van der Waals surface area contributed by atoms with E-state index in [1.165, 1.54) is 7.11 Å². The number of carboxylic acids is 1. The zero-order valence-electron chi connectivity index (χ0n) is 9.38. The maximum absolute atomic E-state index is 11.6. The number of likely N-dealkylation sites (tertiary alicyclic amines) is 1. The van der Waals surface area contributed by atoms with Gasteiger partial charge in [0.25, 0.3) is 0 Å². The number of methoxy groups -OCH3 is 1. The number of terminal acetylenes is 1. The molecule has 17 heavy (non-hydrogen) atoms. The number of rotatable bonds is 4. The molecule has 0 aromatic carbocycles. The summed E-state index contributed by atoms with van der Waals surface area (Å²) in [6.07, 6.45) is 4.96. The van der Waals surface area contributed by atoms with Crippen molar-refractivity contribution in [3.05, 3.63) is 0 Å². The Morgan fingerprint density at radius 3 is 2.82 bits per heavy atom. The van der Waals surface area contributed by atoms with Gasteiger partial charge in [-0.1, -0.05) is 0 Å². The summed E-state index contributed by atoms with van der Waals surface area (Å²) >= 11 is 0. The highest BCUT2D eigenvalue weighted by atomic mass is 16.5. The minimum atomic E-state index is -1.16. The highest BCUT2D eigenvalue weighted by Crippen LogP contribution is 2.22. The molecule has 1 aliphatic rings. The van der Waals surface area contributed by atoms with Crippen LogP contribution in [-0.4, -0.2) is 47.5 Å². The summed E-state index contributed by atoms with van der Waals surface area (Å²) in [6.45, 7) is 0.0458. The molecule has 1 unspecified atom stereocenters. The first-order valence-corrected chi connectivity index (χ1v) is 5.04. The van der Waals surface area contributed by atoms with E-state index in [1.54, 1.807) is 0 Å². The van der Waals surface area contributed by atoms with E-state index in [4.69, 9.17) is 11.5 Å². The molecule has 0 bridgehead atoms. The summed E-state index contributed by atoms with van der Waals surface area (Å²) in [6, 6.07) is -1.07. The van der Waals surface area contributed by atoms with Gasteiger partial charge < -0.3 is 14.7 Å². The predicted molar refractivity (Wildman–Crippen MR) is 56.7 cm³/mol. The number of amides is 1. The van der Waals surface area contributed by atoms with Gasteiger partial charge >= 0.3 is 11.9 Å². The van der Waals surface area contributed by atoms with Crippen molar-refractivity contribution < 1.29 is 24.2 Å². The van der Waals surface area contributed by atoms with Crippen molar-refractivity contribution in [3.63, 3.8) is 0 Å². The Kier molecular flexibility index (Phi) is 4.10. The van der Waals surface area contributed by atoms with Crippen LogP contribution in [0.1, 0.15) is 12.8 Å². The predicted octanol–water partition coefficient (Wildman–Crippen LogP) is -0.516. The van der Waals surface area contributed by atoms with Gasteiger partial charge in [-0.2, -0.15) is 0 Å². The van der Waals surface area contributed by atoms with Crippen LogP contribution in [0, 0.1) is 18.3 Å². The number of esters is 1. The minimum absolute atomic E-state index is 0.0268. The molecule has 1 amide bonds. The fourth-order valence-electron chi connectivity index (χ4n) is 1.80. The maximum atomic E-state index is 11.6. The quantitative estimate of drug-likeness (QED) is 0.527. The molecule has 1 N–H and O–H groups in total. The number of aliphatic carboxylic acids is 1. The van der Waals surface area contributed by atoms with Crippen LogP contribution in [0.5, 0.6) is 0 Å². The van der Waals surface area contributed by atoms with Crippen LogP contribution >= 0.6 is 0 Å². The van der Waals surface area contributed by atoms with Gasteiger partial charge in [-0.15, -0.1) is 12.3 Å². The van der Waals surface area contributed by atoms with Gasteiger partial charge in [0.2, 0.25) is 5.91 Å². The number of carbonyl (C=O) groups is 3. The molecule has 0 radical (unpaired) electrons. The van der Waals surface area contributed by atoms with Gasteiger partial charge in [-0.3, -0.25) is 9.59 Å². The first-order valence-electron chi connectivity index (χ1n) is 5.04. The third-order valence-corrected chi connectivity index (χ3v) is 2.67. The monoisotopic (exact) mass is 239 g/mol. The normalized spacial score (nSPS) is 20.8. The second-order valence-corrected chi connectivity index (χ2v) is 3.73. The number of carbonyl (C=O) groups excluding carboxylic acids is 2. The zero-order chi connectivity index (χ0) is 13.0. The number of ether oxygens (including phenoxy) is 1. The molecule has 0 saturated carbocycles. The summed E-state index contributed by atoms with van der Waals surface area (Å²) in [7, 11) is 1.23. The summed E-state index contributed by atoms with van der Waals surface area (Å²) in [4.78, 5) is 35.0. The molecule has 1 heterocycles. The van der Waals surface area contributed by atoms with E-state index >= 15 is 0 Å². The molecule has 92 valence electrons. The van der Waals surface area contributed by atoms with E-state index in [9.17, 15) is 14.4 Å². The average Bonchev–Trinajstić information content (AvgIpc) is 2.66. The molecule has 0 aromatic rings. The standard InChI is InChI=1S/C11H13NO5/c1-3-4-8(10(14)15)12-6-7(5-9(12)13)11(16)17-2/h1,7-8H,4-6H2,2H3,(H,14,15)/t7?,8-/m0/s1. The number of hydrogen-bond acceptors (Lipinski definition) is 4. The molecule has 6 heteroatoms. The Bertz CT molecular complexity index is 384. The Balaban J connectivity index is 2.79. The second-order valence-electron chi connectivity index (χ2n) is 3.73. The van der Waals surface area contributed by atoms with E-state index in [0.29, 0.717) is 0 Å². The molecular formula is C11H13NO5. The fraction of sp³-hybridized carbons (Fsp3) is 0.545. The van der Waals surface area contributed by atoms with Crippen molar-refractivity contribution in [1.29, 1.82) is 0 Å². The van der Waals surface area contributed by atoms with E-state index < -0.39 is 23.9 Å². The second kappa shape index (κ2) is 5.34. The van der Waals surface area contributed by atoms with Crippen LogP contribution < -0.4 is 0 Å². The van der Waals surface area contributed by atoms with E-state index in [2.05, 4.69) is 10.7 Å². The maximum Gasteiger partial charge on any atom is 0.327 e. The van der Waals surface area contributed by atoms with Gasteiger partial charge in [-0.05, 0) is 0 Å². The van der Waals surface area contributed by atoms with Crippen molar-refractivity contribution in [1.82, 2.24) is 4.90 Å². The largest absolute Gasteiger partial charge is 0.480 e. The molecule has 6 nitrogen and oxygen atoms in total. The number of carboxylic acid groups (broad SMARTS) is 1. The van der Waals surface area contributed by atoms with Crippen molar-refractivity contribution in [2.75, 3.05) is 13.7 Å². The summed E-state index contributed by atoms with van der Waals surface area (Å²) < 4.78 is 4.53. The smallest absolute Gasteiger partial charge is 0.327 e. The van der Waals surface area contributed by atoms with Crippen molar-refractivity contribution >= 4 is 17.8 Å². The summed E-state index contributed by atoms with van der Waals surface area (Å²) in [5, 5.41) is 8.96. The average molecular weight is 239 g/mol. The molecule has 1 saturated heterocycles. The van der Waals surface area contributed by atoms with Crippen molar-refractivity contribution in [2.24, 2.45) is 5.92 Å². The van der Waals surface area contributed by atoms with Crippen LogP contribution in [0.15, 0.2) is 0 Å². The lowest BCUT2D eigenvalue weighted by molar-refractivity contribution is -0.148. The molecule has 1 fully saturated rings. The number of hydrogen-bond donors (Lipinski definition) is 1. The topological polar surface area (TPSA) is 83.9 Å². The van der Waals surface area contributed by atoms with Gasteiger partial charge in [0.1, 0.15) is 6.04 Å². The molecule has 1 rings (SSSR count). The number of nitrogens with zero attached hydrogens (tertiary/aromatic N) is 1. The summed E-state index contributed by atoms with van der Waals surface area (Å²) in [5.41, 5.74) is 0. The Labute approximate surface area is 98.5 Å². The first kappa shape index (κ1) is 13.0. The Morgan fingerprint density at radius 2 is 2.35 bits per heavy atom. The Hall–Kier alpha value is -2.03. The molecule has 0 aromatic heterocycles. The fourth-order valence-corrected chi connectivity index (χ4v) is 1.80. The lowest BCUT2D eigenvalue weighted by atomic mass is 10.1. The van der Waals surface area contributed by atoms with Crippen molar-refractivity contribution in [2.45, 2.75) is 18.9 Å². The molecule has 0 spiro atoms. The third kappa shape index (κ3) is 2.75. The van der Waals surface area contributed by atoms with Gasteiger partial charge in [0.15, 0.2) is 0 Å². The Morgan fingerprint density at radius 1 is 1.71 bits per heavy atom. The van der Waals surface area contributed by atoms with E-state index in [0.717, 1.165) is 4.90 Å². The SMILES string of the molecule is C#CC[C@@H](C(=O)O)N1CC(C(=O)OC)CC1=O. The van der Waals surface area contributed by atoms with Crippen LogP contribution in [-0.2, 0) is 19.1 Å². The molecular weight excluding hydrogens is 226 g/mol. The van der Waals surface area contributed by atoms with Crippen LogP contribution in [0.2, 0.25) is 0 Å². The lowest BCUT2D eigenvalue weighted by Gasteiger charge is -2.22. The van der Waals surface area contributed by atoms with Crippen LogP contribution in [0.25, 0.3) is 0 Å². The van der Waals surface area contributed by atoms with E-state index in [1.807, 2.05) is 0 Å². The minimum Gasteiger partial charge on any atom is -0.480 e. The highest BCUT2D eigenvalue weighted by Gasteiger charge is 2.40. The lowest BCUT2D eigenvalue weighted by Crippen LogP contribution is -2.42. The molecule has 0 aliphatic carbocycles. The highest BCUT2D eigenvalue weighted by molar-refractivity contribution is 5.90. The zero-order valence-corrected chi connectivity index (χ0v) is 9.38. The van der Waals surface area contributed by atoms with Crippen LogP contribution in [0.4, 0.5) is 0 Å². The van der Waals surface area contributed by atoms with Crippen molar-refractivity contribution in [3.8, 4) is 12.3 Å². The van der Waals surface area contributed by atoms with Crippen LogP contribution in [0.3, 0.4) is 0 Å².